The molecule has 1 unspecified atom stereocenters. The molecule has 1 aliphatic rings. The van der Waals surface area contributed by atoms with E-state index in [-0.39, 0.29) is 17.8 Å². The minimum absolute atomic E-state index is 0.182. The van der Waals surface area contributed by atoms with E-state index in [2.05, 4.69) is 6.07 Å². The highest BCUT2D eigenvalue weighted by Crippen LogP contribution is 2.49. The summed E-state index contributed by atoms with van der Waals surface area (Å²) in [6.07, 6.45) is 3.52. The van der Waals surface area contributed by atoms with Crippen LogP contribution in [0.4, 0.5) is 0 Å². The fourth-order valence-electron chi connectivity index (χ4n) is 3.63. The van der Waals surface area contributed by atoms with Crippen LogP contribution in [-0.2, 0) is 14.3 Å². The number of allylic oxidation sites excluding steroid dienone is 2. The van der Waals surface area contributed by atoms with E-state index in [4.69, 9.17) is 23.7 Å². The van der Waals surface area contributed by atoms with Crippen LogP contribution in [0.25, 0.3) is 5.88 Å². The van der Waals surface area contributed by atoms with Gasteiger partial charge in [0, 0.05) is 18.0 Å². The van der Waals surface area contributed by atoms with E-state index >= 15 is 0 Å². The third kappa shape index (κ3) is 3.82. The second kappa shape index (κ2) is 9.30. The molecule has 31 heavy (non-hydrogen) atoms. The number of aromatic nitrogens is 1. The molecule has 0 N–H and O–H groups in total. The number of rotatable bonds is 7. The average molecular weight is 424 g/mol. The van der Waals surface area contributed by atoms with Gasteiger partial charge in [-0.15, -0.1) is 0 Å². The molecule has 8 heteroatoms. The Morgan fingerprint density at radius 3 is 2.35 bits per heavy atom. The molecule has 0 bridgehead atoms. The van der Waals surface area contributed by atoms with Gasteiger partial charge in [-0.25, -0.2) is 4.79 Å². The quantitative estimate of drug-likeness (QED) is 0.623. The van der Waals surface area contributed by atoms with Crippen LogP contribution < -0.4 is 14.2 Å². The molecular weight excluding hydrogens is 400 g/mol. The number of nitriles is 1. The second-order valence-electron chi connectivity index (χ2n) is 6.57. The van der Waals surface area contributed by atoms with Crippen molar-refractivity contribution in [3.05, 3.63) is 59.1 Å². The first-order valence-electron chi connectivity index (χ1n) is 9.64. The van der Waals surface area contributed by atoms with Gasteiger partial charge in [-0.1, -0.05) is 6.07 Å². The lowest BCUT2D eigenvalue weighted by Crippen LogP contribution is -2.24. The molecule has 1 aromatic carbocycles. The van der Waals surface area contributed by atoms with Crippen molar-refractivity contribution < 1.29 is 28.5 Å². The normalized spacial score (nSPS) is 15.8. The molecule has 2 aromatic rings. The van der Waals surface area contributed by atoms with Crippen LogP contribution in [0.15, 0.2) is 53.6 Å². The minimum Gasteiger partial charge on any atom is -0.493 e. The molecule has 1 aliphatic heterocycles. The zero-order valence-corrected chi connectivity index (χ0v) is 18.1. The van der Waals surface area contributed by atoms with Gasteiger partial charge in [-0.3, -0.25) is 4.57 Å². The number of esters is 1. The largest absolute Gasteiger partial charge is 0.493 e. The molecule has 0 saturated heterocycles. The zero-order chi connectivity index (χ0) is 22.5. The molecule has 0 aliphatic carbocycles. The van der Waals surface area contributed by atoms with Crippen LogP contribution in [0.2, 0.25) is 0 Å². The van der Waals surface area contributed by atoms with Gasteiger partial charge in [0.1, 0.15) is 17.4 Å². The Morgan fingerprint density at radius 2 is 1.81 bits per heavy atom. The van der Waals surface area contributed by atoms with E-state index in [1.807, 2.05) is 12.1 Å². The summed E-state index contributed by atoms with van der Waals surface area (Å²) in [5.74, 6) is 0.438. The number of nitrogens with zero attached hydrogens (tertiary/aromatic N) is 2. The number of benzene rings is 1. The second-order valence-corrected chi connectivity index (χ2v) is 6.57. The Labute approximate surface area is 180 Å². The van der Waals surface area contributed by atoms with E-state index in [0.29, 0.717) is 34.5 Å². The smallest absolute Gasteiger partial charge is 0.338 e. The number of ether oxygens (including phenoxy) is 5. The van der Waals surface area contributed by atoms with Crippen molar-refractivity contribution in [2.75, 3.05) is 27.9 Å². The van der Waals surface area contributed by atoms with Crippen molar-refractivity contribution in [3.63, 3.8) is 0 Å². The Kier molecular flexibility index (Phi) is 6.55. The van der Waals surface area contributed by atoms with Crippen LogP contribution in [0.5, 0.6) is 17.2 Å². The summed E-state index contributed by atoms with van der Waals surface area (Å²) in [4.78, 5) is 12.9. The molecule has 8 nitrogen and oxygen atoms in total. The number of methoxy groups -OCH3 is 3. The molecule has 1 atom stereocenters. The van der Waals surface area contributed by atoms with Crippen LogP contribution in [0.1, 0.15) is 25.3 Å². The Balaban J connectivity index is 2.34. The van der Waals surface area contributed by atoms with Crippen LogP contribution in [0.3, 0.4) is 0 Å². The highest BCUT2D eigenvalue weighted by atomic mass is 16.5. The van der Waals surface area contributed by atoms with E-state index in [1.54, 1.807) is 42.9 Å². The maximum absolute atomic E-state index is 12.9. The predicted molar refractivity (Wildman–Crippen MR) is 113 cm³/mol. The Hall–Kier alpha value is -3.86. The molecule has 1 aromatic heterocycles. The first-order chi connectivity index (χ1) is 15.0. The van der Waals surface area contributed by atoms with Gasteiger partial charge in [-0.2, -0.15) is 5.26 Å². The van der Waals surface area contributed by atoms with Crippen molar-refractivity contribution in [2.24, 2.45) is 0 Å². The highest BCUT2D eigenvalue weighted by Gasteiger charge is 2.40. The van der Waals surface area contributed by atoms with Gasteiger partial charge in [-0.05, 0) is 32.0 Å². The third-order valence-corrected chi connectivity index (χ3v) is 4.94. The molecule has 0 spiro atoms. The molecule has 0 saturated carbocycles. The summed E-state index contributed by atoms with van der Waals surface area (Å²) in [5.41, 5.74) is 1.00. The third-order valence-electron chi connectivity index (χ3n) is 4.94. The number of hydrogen-bond donors (Lipinski definition) is 0. The molecule has 3 rings (SSSR count). The average Bonchev–Trinajstić information content (AvgIpc) is 3.32. The number of carbonyl (C=O) groups excluding carboxylic acids is 1. The van der Waals surface area contributed by atoms with Crippen LogP contribution in [-0.4, -0.2) is 38.5 Å². The van der Waals surface area contributed by atoms with Gasteiger partial charge in [0.15, 0.2) is 11.5 Å². The molecule has 2 heterocycles. The summed E-state index contributed by atoms with van der Waals surface area (Å²) in [7, 11) is 4.50. The van der Waals surface area contributed by atoms with Gasteiger partial charge in [0.05, 0.1) is 39.4 Å². The summed E-state index contributed by atoms with van der Waals surface area (Å²) in [6, 6.07) is 9.30. The molecule has 0 fully saturated rings. The standard InChI is InChI=1S/C23H24N2O6/c1-6-30-23(26)18-14(2)31-22(25-11-7-8-12-25)16(13-24)19(18)15-9-10-17(27-3)21(29-5)20(15)28-4/h7-12,19H,6H2,1-5H3. The Morgan fingerprint density at radius 1 is 1.13 bits per heavy atom. The molecule has 0 radical (unpaired) electrons. The van der Waals surface area contributed by atoms with Gasteiger partial charge < -0.3 is 23.7 Å². The lowest BCUT2D eigenvalue weighted by molar-refractivity contribution is -0.139. The summed E-state index contributed by atoms with van der Waals surface area (Å²) < 4.78 is 29.4. The van der Waals surface area contributed by atoms with E-state index in [9.17, 15) is 10.1 Å². The first kappa shape index (κ1) is 21.8. The van der Waals surface area contributed by atoms with Crippen molar-refractivity contribution in [3.8, 4) is 23.3 Å². The zero-order valence-electron chi connectivity index (χ0n) is 18.1. The fraction of sp³-hybridized carbons (Fsp3) is 0.304. The maximum Gasteiger partial charge on any atom is 0.338 e. The van der Waals surface area contributed by atoms with E-state index in [1.165, 1.54) is 21.3 Å². The van der Waals surface area contributed by atoms with Gasteiger partial charge >= 0.3 is 5.97 Å². The minimum atomic E-state index is -0.801. The Bertz CT molecular complexity index is 1080. The molecule has 162 valence electrons. The summed E-state index contributed by atoms with van der Waals surface area (Å²) in [6.45, 7) is 3.57. The van der Waals surface area contributed by atoms with Crippen molar-refractivity contribution in [1.82, 2.24) is 4.57 Å². The van der Waals surface area contributed by atoms with Gasteiger partial charge in [0.25, 0.3) is 0 Å². The monoisotopic (exact) mass is 424 g/mol. The SMILES string of the molecule is CCOC(=O)C1=C(C)OC(n2cccc2)=C(C#N)C1c1ccc(OC)c(OC)c1OC. The lowest BCUT2D eigenvalue weighted by atomic mass is 9.82. The van der Waals surface area contributed by atoms with E-state index < -0.39 is 11.9 Å². The topological polar surface area (TPSA) is 91.9 Å². The maximum atomic E-state index is 12.9. The molecule has 0 amide bonds. The fourth-order valence-corrected chi connectivity index (χ4v) is 3.63. The van der Waals surface area contributed by atoms with Gasteiger partial charge in [0.2, 0.25) is 11.6 Å². The summed E-state index contributed by atoms with van der Waals surface area (Å²) >= 11 is 0. The predicted octanol–water partition coefficient (Wildman–Crippen LogP) is 3.86. The van der Waals surface area contributed by atoms with Crippen LogP contribution >= 0.6 is 0 Å². The van der Waals surface area contributed by atoms with Crippen molar-refractivity contribution in [2.45, 2.75) is 19.8 Å². The number of carbonyl (C=O) groups is 1. The van der Waals surface area contributed by atoms with Crippen molar-refractivity contribution in [1.29, 1.82) is 5.26 Å². The summed E-state index contributed by atoms with van der Waals surface area (Å²) in [5, 5.41) is 10.1. The van der Waals surface area contributed by atoms with Crippen molar-refractivity contribution >= 4 is 11.9 Å². The first-order valence-corrected chi connectivity index (χ1v) is 9.64. The lowest BCUT2D eigenvalue weighted by Gasteiger charge is -2.30. The molecular formula is C23H24N2O6. The van der Waals surface area contributed by atoms with Crippen LogP contribution in [0, 0.1) is 11.3 Å². The number of hydrogen-bond acceptors (Lipinski definition) is 7. The van der Waals surface area contributed by atoms with E-state index in [0.717, 1.165) is 0 Å². The highest BCUT2D eigenvalue weighted by molar-refractivity contribution is 5.94.